The third-order valence-corrected chi connectivity index (χ3v) is 4.77. The summed E-state index contributed by atoms with van der Waals surface area (Å²) in [7, 11) is -3.43. The van der Waals surface area contributed by atoms with Gasteiger partial charge in [0.15, 0.2) is 0 Å². The van der Waals surface area contributed by atoms with Gasteiger partial charge >= 0.3 is 0 Å². The minimum atomic E-state index is -3.43. The highest BCUT2D eigenvalue weighted by Crippen LogP contribution is 2.20. The van der Waals surface area contributed by atoms with Crippen LogP contribution in [0, 0.1) is 0 Å². The van der Waals surface area contributed by atoms with Gasteiger partial charge in [-0.25, -0.2) is 13.1 Å². The molecule has 0 aliphatic carbocycles. The standard InChI is InChI=1S/C15H27N3O2S/c1-12(2)17-21(19,20)15-8-6-14(7-9-15)18(13(3)4)11-5-10-16/h6-9,12-13,17H,5,10-11,16H2,1-4H3. The number of benzene rings is 1. The lowest BCUT2D eigenvalue weighted by Gasteiger charge is -2.29. The SMILES string of the molecule is CC(C)NS(=O)(=O)c1ccc(N(CCCN)C(C)C)cc1. The van der Waals surface area contributed by atoms with E-state index in [1.807, 2.05) is 12.1 Å². The average molecular weight is 313 g/mol. The summed E-state index contributed by atoms with van der Waals surface area (Å²) in [5.41, 5.74) is 6.58. The normalized spacial score (nSPS) is 12.1. The quantitative estimate of drug-likeness (QED) is 0.769. The highest BCUT2D eigenvalue weighted by Gasteiger charge is 2.16. The van der Waals surface area contributed by atoms with Gasteiger partial charge in [-0.15, -0.1) is 0 Å². The minimum absolute atomic E-state index is 0.119. The first-order valence-electron chi connectivity index (χ1n) is 7.37. The Bertz CT molecular complexity index is 524. The summed E-state index contributed by atoms with van der Waals surface area (Å²) in [4.78, 5) is 2.52. The molecule has 0 fully saturated rings. The van der Waals surface area contributed by atoms with Crippen molar-refractivity contribution in [3.63, 3.8) is 0 Å². The molecule has 0 radical (unpaired) electrons. The molecule has 0 aromatic heterocycles. The summed E-state index contributed by atoms with van der Waals surface area (Å²) in [5.74, 6) is 0. The van der Waals surface area contributed by atoms with Gasteiger partial charge in [0.1, 0.15) is 0 Å². The highest BCUT2D eigenvalue weighted by atomic mass is 32.2. The highest BCUT2D eigenvalue weighted by molar-refractivity contribution is 7.89. The molecule has 0 heterocycles. The molecule has 0 spiro atoms. The molecule has 0 aliphatic heterocycles. The van der Waals surface area contributed by atoms with Gasteiger partial charge in [-0.3, -0.25) is 0 Å². The molecular formula is C15H27N3O2S. The number of rotatable bonds is 8. The lowest BCUT2D eigenvalue weighted by Crippen LogP contribution is -2.33. The Kier molecular flexibility index (Phi) is 6.64. The number of sulfonamides is 1. The Morgan fingerprint density at radius 3 is 2.14 bits per heavy atom. The fourth-order valence-electron chi connectivity index (χ4n) is 2.14. The maximum Gasteiger partial charge on any atom is 0.240 e. The van der Waals surface area contributed by atoms with Crippen LogP contribution in [0.5, 0.6) is 0 Å². The average Bonchev–Trinajstić information content (AvgIpc) is 2.38. The van der Waals surface area contributed by atoms with Crippen molar-refractivity contribution in [3.05, 3.63) is 24.3 Å². The number of anilines is 1. The first-order chi connectivity index (χ1) is 9.77. The van der Waals surface area contributed by atoms with E-state index in [4.69, 9.17) is 5.73 Å². The molecular weight excluding hydrogens is 286 g/mol. The first-order valence-corrected chi connectivity index (χ1v) is 8.85. The van der Waals surface area contributed by atoms with E-state index in [0.29, 0.717) is 17.5 Å². The molecule has 1 aromatic carbocycles. The molecule has 21 heavy (non-hydrogen) atoms. The first kappa shape index (κ1) is 17.9. The molecule has 5 nitrogen and oxygen atoms in total. The van der Waals surface area contributed by atoms with Gasteiger partial charge in [0.2, 0.25) is 10.0 Å². The molecule has 0 bridgehead atoms. The van der Waals surface area contributed by atoms with Crippen LogP contribution in [-0.4, -0.2) is 33.6 Å². The zero-order valence-electron chi connectivity index (χ0n) is 13.3. The predicted molar refractivity (Wildman–Crippen MR) is 88.1 cm³/mol. The largest absolute Gasteiger partial charge is 0.369 e. The van der Waals surface area contributed by atoms with Crippen LogP contribution in [0.1, 0.15) is 34.1 Å². The van der Waals surface area contributed by atoms with E-state index in [2.05, 4.69) is 23.5 Å². The molecule has 0 saturated heterocycles. The van der Waals surface area contributed by atoms with Crippen LogP contribution < -0.4 is 15.4 Å². The fraction of sp³-hybridized carbons (Fsp3) is 0.600. The number of nitrogens with one attached hydrogen (secondary N) is 1. The van der Waals surface area contributed by atoms with E-state index in [-0.39, 0.29) is 6.04 Å². The molecule has 120 valence electrons. The number of nitrogens with zero attached hydrogens (tertiary/aromatic N) is 1. The minimum Gasteiger partial charge on any atom is -0.369 e. The van der Waals surface area contributed by atoms with Gasteiger partial charge in [0.05, 0.1) is 4.90 Å². The molecule has 0 aliphatic rings. The number of hydrogen-bond acceptors (Lipinski definition) is 4. The van der Waals surface area contributed by atoms with Gasteiger partial charge < -0.3 is 10.6 Å². The van der Waals surface area contributed by atoms with Crippen molar-refractivity contribution in [2.75, 3.05) is 18.0 Å². The van der Waals surface area contributed by atoms with Crippen molar-refractivity contribution < 1.29 is 8.42 Å². The summed E-state index contributed by atoms with van der Waals surface area (Å²) in [6.07, 6.45) is 0.910. The molecule has 0 unspecified atom stereocenters. The van der Waals surface area contributed by atoms with Crippen LogP contribution in [0.25, 0.3) is 0 Å². The van der Waals surface area contributed by atoms with Gasteiger partial charge in [0, 0.05) is 24.3 Å². The summed E-state index contributed by atoms with van der Waals surface area (Å²) >= 11 is 0. The van der Waals surface area contributed by atoms with Crippen molar-refractivity contribution in [3.8, 4) is 0 Å². The van der Waals surface area contributed by atoms with Crippen LogP contribution in [0.15, 0.2) is 29.2 Å². The van der Waals surface area contributed by atoms with Crippen molar-refractivity contribution in [2.24, 2.45) is 5.73 Å². The lowest BCUT2D eigenvalue weighted by atomic mass is 10.2. The molecule has 6 heteroatoms. The maximum absolute atomic E-state index is 12.1. The molecule has 0 amide bonds. The summed E-state index contributed by atoms with van der Waals surface area (Å²) in [6, 6.07) is 7.23. The zero-order chi connectivity index (χ0) is 16.0. The van der Waals surface area contributed by atoms with Crippen LogP contribution in [0.4, 0.5) is 5.69 Å². The molecule has 1 rings (SSSR count). The summed E-state index contributed by atoms with van der Waals surface area (Å²) < 4.78 is 26.8. The summed E-state index contributed by atoms with van der Waals surface area (Å²) in [5, 5.41) is 0. The Balaban J connectivity index is 2.95. The Morgan fingerprint density at radius 2 is 1.71 bits per heavy atom. The number of hydrogen-bond donors (Lipinski definition) is 2. The second-order valence-electron chi connectivity index (χ2n) is 5.70. The van der Waals surface area contributed by atoms with Gasteiger partial charge in [-0.2, -0.15) is 0 Å². The van der Waals surface area contributed by atoms with Crippen molar-refractivity contribution >= 4 is 15.7 Å². The second kappa shape index (κ2) is 7.77. The van der Waals surface area contributed by atoms with Crippen molar-refractivity contribution in [2.45, 2.75) is 51.1 Å². The van der Waals surface area contributed by atoms with E-state index in [0.717, 1.165) is 18.7 Å². The van der Waals surface area contributed by atoms with Gasteiger partial charge in [0.25, 0.3) is 0 Å². The second-order valence-corrected chi connectivity index (χ2v) is 7.41. The maximum atomic E-state index is 12.1. The predicted octanol–water partition coefficient (Wildman–Crippen LogP) is 1.94. The smallest absolute Gasteiger partial charge is 0.240 e. The zero-order valence-corrected chi connectivity index (χ0v) is 14.2. The number of nitrogens with two attached hydrogens (primary N) is 1. The van der Waals surface area contributed by atoms with Crippen LogP contribution in [-0.2, 0) is 10.0 Å². The van der Waals surface area contributed by atoms with E-state index < -0.39 is 10.0 Å². The third kappa shape index (κ3) is 5.30. The molecule has 3 N–H and O–H groups in total. The Hall–Kier alpha value is -1.11. The molecule has 0 saturated carbocycles. The van der Waals surface area contributed by atoms with Crippen LogP contribution in [0.2, 0.25) is 0 Å². The fourth-order valence-corrected chi connectivity index (χ4v) is 3.39. The topological polar surface area (TPSA) is 75.4 Å². The van der Waals surface area contributed by atoms with Gasteiger partial charge in [-0.05, 0) is 64.9 Å². The van der Waals surface area contributed by atoms with Crippen molar-refractivity contribution in [1.29, 1.82) is 0 Å². The van der Waals surface area contributed by atoms with E-state index in [1.54, 1.807) is 26.0 Å². The Labute approximate surface area is 128 Å². The third-order valence-electron chi connectivity index (χ3n) is 3.10. The van der Waals surface area contributed by atoms with E-state index in [1.165, 1.54) is 0 Å². The van der Waals surface area contributed by atoms with Crippen LogP contribution in [0.3, 0.4) is 0 Å². The van der Waals surface area contributed by atoms with Gasteiger partial charge in [-0.1, -0.05) is 0 Å². The van der Waals surface area contributed by atoms with E-state index in [9.17, 15) is 8.42 Å². The Morgan fingerprint density at radius 1 is 1.14 bits per heavy atom. The molecule has 1 aromatic rings. The monoisotopic (exact) mass is 313 g/mol. The van der Waals surface area contributed by atoms with Crippen LogP contribution >= 0.6 is 0 Å². The van der Waals surface area contributed by atoms with E-state index >= 15 is 0 Å². The van der Waals surface area contributed by atoms with Crippen molar-refractivity contribution in [1.82, 2.24) is 4.72 Å². The molecule has 0 atom stereocenters. The summed E-state index contributed by atoms with van der Waals surface area (Å²) in [6.45, 7) is 9.35. The lowest BCUT2D eigenvalue weighted by molar-refractivity contribution is 0.570.